The molecule has 0 N–H and O–H groups in total. The second kappa shape index (κ2) is 6.11. The summed E-state index contributed by atoms with van der Waals surface area (Å²) in [6.45, 7) is 9.10. The van der Waals surface area contributed by atoms with Gasteiger partial charge in [0.25, 0.3) is 5.56 Å². The van der Waals surface area contributed by atoms with Crippen molar-refractivity contribution in [2.75, 3.05) is 18.0 Å². The third-order valence-corrected chi connectivity index (χ3v) is 4.82. The molecule has 0 saturated carbocycles. The molecular weight excluding hydrogens is 306 g/mol. The van der Waals surface area contributed by atoms with Crippen LogP contribution in [0.2, 0.25) is 0 Å². The lowest BCUT2D eigenvalue weighted by Crippen LogP contribution is -2.38. The Morgan fingerprint density at radius 1 is 1.21 bits per heavy atom. The molecule has 7 heteroatoms. The molecule has 0 aromatic carbocycles. The number of rotatable bonds is 3. The van der Waals surface area contributed by atoms with Crippen LogP contribution in [0.4, 0.5) is 5.95 Å². The fourth-order valence-electron chi connectivity index (χ4n) is 3.59. The normalized spacial score (nSPS) is 18.8. The predicted octanol–water partition coefficient (Wildman–Crippen LogP) is 1.33. The summed E-state index contributed by atoms with van der Waals surface area (Å²) in [5.74, 6) is 1.81. The molecule has 2 aromatic heterocycles. The Balaban J connectivity index is 2.29. The van der Waals surface area contributed by atoms with Crippen molar-refractivity contribution < 1.29 is 0 Å². The van der Waals surface area contributed by atoms with Crippen LogP contribution in [0.15, 0.2) is 9.59 Å². The van der Waals surface area contributed by atoms with E-state index in [-0.39, 0.29) is 11.2 Å². The van der Waals surface area contributed by atoms with Crippen molar-refractivity contribution in [2.45, 2.75) is 40.2 Å². The molecule has 0 amide bonds. The van der Waals surface area contributed by atoms with Gasteiger partial charge in [0, 0.05) is 33.7 Å². The zero-order valence-electron chi connectivity index (χ0n) is 15.2. The molecule has 0 aliphatic carbocycles. The van der Waals surface area contributed by atoms with Crippen molar-refractivity contribution in [1.82, 2.24) is 18.7 Å². The zero-order valence-corrected chi connectivity index (χ0v) is 15.2. The Morgan fingerprint density at radius 2 is 1.92 bits per heavy atom. The average Bonchev–Trinajstić information content (AvgIpc) is 2.89. The van der Waals surface area contributed by atoms with Crippen LogP contribution in [0, 0.1) is 11.8 Å². The van der Waals surface area contributed by atoms with E-state index < -0.39 is 0 Å². The van der Waals surface area contributed by atoms with Gasteiger partial charge in [-0.3, -0.25) is 13.9 Å². The molecule has 7 nitrogen and oxygen atoms in total. The van der Waals surface area contributed by atoms with Gasteiger partial charge in [0.15, 0.2) is 11.2 Å². The van der Waals surface area contributed by atoms with E-state index >= 15 is 0 Å². The highest BCUT2D eigenvalue weighted by Gasteiger charge is 2.25. The highest BCUT2D eigenvalue weighted by molar-refractivity contribution is 5.74. The SMILES string of the molecule is CC(C)Cn1c(N2CCC[C@@H](C)C2)nc2c1c(=O)n(C)c(=O)n2C. The summed E-state index contributed by atoms with van der Waals surface area (Å²) in [5.41, 5.74) is 0.413. The van der Waals surface area contributed by atoms with Crippen molar-refractivity contribution in [3.63, 3.8) is 0 Å². The first-order chi connectivity index (χ1) is 11.3. The van der Waals surface area contributed by atoms with Gasteiger partial charge >= 0.3 is 5.69 Å². The molecule has 1 fully saturated rings. The second-order valence-electron chi connectivity index (χ2n) is 7.49. The number of hydrogen-bond donors (Lipinski definition) is 0. The van der Waals surface area contributed by atoms with Crippen LogP contribution in [0.5, 0.6) is 0 Å². The molecule has 24 heavy (non-hydrogen) atoms. The van der Waals surface area contributed by atoms with E-state index in [1.165, 1.54) is 22.6 Å². The van der Waals surface area contributed by atoms with Crippen LogP contribution in [-0.2, 0) is 20.6 Å². The van der Waals surface area contributed by atoms with E-state index in [4.69, 9.17) is 4.98 Å². The second-order valence-corrected chi connectivity index (χ2v) is 7.49. The number of hydrogen-bond acceptors (Lipinski definition) is 4. The van der Waals surface area contributed by atoms with Gasteiger partial charge in [-0.1, -0.05) is 20.8 Å². The molecule has 0 unspecified atom stereocenters. The van der Waals surface area contributed by atoms with Crippen LogP contribution in [-0.4, -0.2) is 31.8 Å². The van der Waals surface area contributed by atoms with Crippen LogP contribution in [0.25, 0.3) is 11.2 Å². The first-order valence-corrected chi connectivity index (χ1v) is 8.72. The minimum atomic E-state index is -0.333. The summed E-state index contributed by atoms with van der Waals surface area (Å²) in [5, 5.41) is 0. The maximum absolute atomic E-state index is 12.7. The first kappa shape index (κ1) is 16.8. The maximum atomic E-state index is 12.7. The van der Waals surface area contributed by atoms with E-state index in [1.54, 1.807) is 7.05 Å². The van der Waals surface area contributed by atoms with Crippen molar-refractivity contribution in [3.8, 4) is 0 Å². The molecule has 1 atom stereocenters. The Morgan fingerprint density at radius 3 is 2.54 bits per heavy atom. The third kappa shape index (κ3) is 2.65. The van der Waals surface area contributed by atoms with E-state index in [0.717, 1.165) is 25.5 Å². The van der Waals surface area contributed by atoms with Gasteiger partial charge in [-0.25, -0.2) is 4.79 Å². The summed E-state index contributed by atoms with van der Waals surface area (Å²) < 4.78 is 4.66. The van der Waals surface area contributed by atoms with Gasteiger partial charge in [-0.2, -0.15) is 4.98 Å². The number of piperidine rings is 1. The number of imidazole rings is 1. The lowest BCUT2D eigenvalue weighted by atomic mass is 10.0. The smallest absolute Gasteiger partial charge is 0.332 e. The van der Waals surface area contributed by atoms with Gasteiger partial charge in [-0.05, 0) is 24.7 Å². The summed E-state index contributed by atoms with van der Waals surface area (Å²) in [6, 6.07) is 0. The fraction of sp³-hybridized carbons (Fsp3) is 0.706. The van der Waals surface area contributed by atoms with E-state index in [9.17, 15) is 9.59 Å². The molecule has 132 valence electrons. The minimum Gasteiger partial charge on any atom is -0.342 e. The molecule has 0 spiro atoms. The van der Waals surface area contributed by atoms with E-state index in [1.807, 2.05) is 4.57 Å². The molecule has 2 aromatic rings. The third-order valence-electron chi connectivity index (χ3n) is 4.82. The molecule has 0 bridgehead atoms. The van der Waals surface area contributed by atoms with Crippen molar-refractivity contribution in [3.05, 3.63) is 20.8 Å². The van der Waals surface area contributed by atoms with E-state index in [0.29, 0.717) is 29.5 Å². The maximum Gasteiger partial charge on any atom is 0.332 e. The van der Waals surface area contributed by atoms with Crippen molar-refractivity contribution >= 4 is 17.1 Å². The van der Waals surface area contributed by atoms with Crippen LogP contribution < -0.4 is 16.1 Å². The summed E-state index contributed by atoms with van der Waals surface area (Å²) >= 11 is 0. The Bertz CT molecular complexity index is 874. The topological polar surface area (TPSA) is 65.1 Å². The van der Waals surface area contributed by atoms with Gasteiger partial charge in [0.05, 0.1) is 0 Å². The monoisotopic (exact) mass is 333 g/mol. The lowest BCUT2D eigenvalue weighted by Gasteiger charge is -2.32. The highest BCUT2D eigenvalue weighted by Crippen LogP contribution is 2.25. The van der Waals surface area contributed by atoms with Crippen molar-refractivity contribution in [2.24, 2.45) is 25.9 Å². The van der Waals surface area contributed by atoms with Crippen LogP contribution in [0.3, 0.4) is 0 Å². The standard InChI is InChI=1S/C17H27N5O2/c1-11(2)9-22-13-14(19(4)17(24)20(5)15(13)23)18-16(22)21-8-6-7-12(3)10-21/h11-12H,6-10H2,1-5H3/t12-/m1/s1. The molecule has 3 rings (SSSR count). The molecular formula is C17H27N5O2. The molecule has 1 saturated heterocycles. The van der Waals surface area contributed by atoms with Gasteiger partial charge in [0.2, 0.25) is 5.95 Å². The fourth-order valence-corrected chi connectivity index (χ4v) is 3.59. The Hall–Kier alpha value is -2.05. The molecule has 1 aliphatic rings. The Kier molecular flexibility index (Phi) is 4.27. The van der Waals surface area contributed by atoms with Crippen LogP contribution in [0.1, 0.15) is 33.6 Å². The number of aryl methyl sites for hydroxylation is 1. The largest absolute Gasteiger partial charge is 0.342 e. The zero-order chi connectivity index (χ0) is 17.6. The van der Waals surface area contributed by atoms with E-state index in [2.05, 4.69) is 25.7 Å². The quantitative estimate of drug-likeness (QED) is 0.850. The Labute approximate surface area is 141 Å². The lowest BCUT2D eigenvalue weighted by molar-refractivity contribution is 0.433. The number of anilines is 1. The number of nitrogens with zero attached hydrogens (tertiary/aromatic N) is 5. The summed E-state index contributed by atoms with van der Waals surface area (Å²) in [6.07, 6.45) is 2.35. The van der Waals surface area contributed by atoms with Gasteiger partial charge in [-0.15, -0.1) is 0 Å². The highest BCUT2D eigenvalue weighted by atomic mass is 16.2. The van der Waals surface area contributed by atoms with Crippen molar-refractivity contribution in [1.29, 1.82) is 0 Å². The minimum absolute atomic E-state index is 0.266. The van der Waals surface area contributed by atoms with Gasteiger partial charge < -0.3 is 9.47 Å². The first-order valence-electron chi connectivity index (χ1n) is 8.72. The predicted molar refractivity (Wildman–Crippen MR) is 95.7 cm³/mol. The average molecular weight is 333 g/mol. The molecule has 1 aliphatic heterocycles. The van der Waals surface area contributed by atoms with Gasteiger partial charge in [0.1, 0.15) is 0 Å². The molecule has 0 radical (unpaired) electrons. The number of fused-ring (bicyclic) bond motifs is 1. The van der Waals surface area contributed by atoms with Crippen LogP contribution >= 0.6 is 0 Å². The molecule has 3 heterocycles. The summed E-state index contributed by atoms with van der Waals surface area (Å²) in [7, 11) is 3.21. The summed E-state index contributed by atoms with van der Waals surface area (Å²) in [4.78, 5) is 32.0. The number of aromatic nitrogens is 4.